The van der Waals surface area contributed by atoms with Gasteiger partial charge in [0.2, 0.25) is 10.0 Å². The van der Waals surface area contributed by atoms with Crippen LogP contribution in [-0.4, -0.2) is 39.3 Å². The normalized spacial score (nSPS) is 22.8. The molecule has 0 radical (unpaired) electrons. The van der Waals surface area contributed by atoms with Crippen LogP contribution in [-0.2, 0) is 19.9 Å². The molecule has 1 aliphatic rings. The minimum absolute atomic E-state index is 0.275. The molecular formula is C13H19NO4S2. The van der Waals surface area contributed by atoms with Crippen LogP contribution in [0.5, 0.6) is 0 Å². The molecule has 0 N–H and O–H groups in total. The Labute approximate surface area is 120 Å². The molecule has 1 aliphatic heterocycles. The average Bonchev–Trinajstić information content (AvgIpc) is 2.88. The summed E-state index contributed by atoms with van der Waals surface area (Å²) in [7, 11) is -7.07. The Kier molecular flexibility index (Phi) is 4.22. The SMILES string of the molecule is CC(c1ccccc1)S(=O)(=O)N1CCCC1S(C)(=O)=O. The van der Waals surface area contributed by atoms with Crippen LogP contribution in [0.3, 0.4) is 0 Å². The lowest BCUT2D eigenvalue weighted by molar-refractivity contribution is 0.435. The Morgan fingerprint density at radius 1 is 1.15 bits per heavy atom. The van der Waals surface area contributed by atoms with Crippen LogP contribution < -0.4 is 0 Å². The van der Waals surface area contributed by atoms with Gasteiger partial charge in [-0.25, -0.2) is 16.8 Å². The molecule has 0 aliphatic carbocycles. The summed E-state index contributed by atoms with van der Waals surface area (Å²) in [4.78, 5) is 0. The van der Waals surface area contributed by atoms with Gasteiger partial charge in [0, 0.05) is 12.8 Å². The van der Waals surface area contributed by atoms with Crippen molar-refractivity contribution in [1.82, 2.24) is 4.31 Å². The third kappa shape index (κ3) is 2.89. The topological polar surface area (TPSA) is 71.5 Å². The number of hydrogen-bond acceptors (Lipinski definition) is 4. The third-order valence-electron chi connectivity index (χ3n) is 3.69. The van der Waals surface area contributed by atoms with Gasteiger partial charge >= 0.3 is 0 Å². The maximum absolute atomic E-state index is 12.7. The molecule has 0 bridgehead atoms. The van der Waals surface area contributed by atoms with E-state index in [0.717, 1.165) is 10.6 Å². The van der Waals surface area contributed by atoms with E-state index in [1.807, 2.05) is 6.07 Å². The van der Waals surface area contributed by atoms with E-state index in [1.165, 1.54) is 0 Å². The zero-order chi connectivity index (χ0) is 15.0. The molecule has 1 fully saturated rings. The van der Waals surface area contributed by atoms with E-state index >= 15 is 0 Å². The van der Waals surface area contributed by atoms with Crippen molar-refractivity contribution in [2.75, 3.05) is 12.8 Å². The van der Waals surface area contributed by atoms with Crippen molar-refractivity contribution in [3.05, 3.63) is 35.9 Å². The van der Waals surface area contributed by atoms with Crippen LogP contribution in [0.4, 0.5) is 0 Å². The molecule has 1 aromatic carbocycles. The van der Waals surface area contributed by atoms with Gasteiger partial charge in [-0.15, -0.1) is 0 Å². The fourth-order valence-corrected chi connectivity index (χ4v) is 6.21. The molecule has 1 saturated heterocycles. The van der Waals surface area contributed by atoms with Crippen LogP contribution in [0.25, 0.3) is 0 Å². The first kappa shape index (κ1) is 15.5. The van der Waals surface area contributed by atoms with Gasteiger partial charge in [0.1, 0.15) is 5.37 Å². The van der Waals surface area contributed by atoms with E-state index in [9.17, 15) is 16.8 Å². The average molecular weight is 317 g/mol. The van der Waals surface area contributed by atoms with Crippen molar-refractivity contribution in [2.24, 2.45) is 0 Å². The second-order valence-electron chi connectivity index (χ2n) is 5.13. The molecule has 112 valence electrons. The van der Waals surface area contributed by atoms with E-state index in [1.54, 1.807) is 31.2 Å². The first-order chi connectivity index (χ1) is 9.24. The van der Waals surface area contributed by atoms with Gasteiger partial charge in [0.15, 0.2) is 9.84 Å². The second-order valence-corrected chi connectivity index (χ2v) is 9.54. The summed E-state index contributed by atoms with van der Waals surface area (Å²) >= 11 is 0. The maximum Gasteiger partial charge on any atom is 0.222 e. The van der Waals surface area contributed by atoms with Gasteiger partial charge in [-0.2, -0.15) is 4.31 Å². The molecule has 2 atom stereocenters. The first-order valence-corrected chi connectivity index (χ1v) is 9.95. The minimum Gasteiger partial charge on any atom is -0.227 e. The largest absolute Gasteiger partial charge is 0.227 e. The Hall–Kier alpha value is -0.920. The second kappa shape index (κ2) is 5.46. The van der Waals surface area contributed by atoms with Crippen LogP contribution in [0, 0.1) is 0 Å². The number of rotatable bonds is 4. The summed E-state index contributed by atoms with van der Waals surface area (Å²) in [6.07, 6.45) is 2.05. The summed E-state index contributed by atoms with van der Waals surface area (Å²) in [6, 6.07) is 8.86. The van der Waals surface area contributed by atoms with Crippen LogP contribution in [0.2, 0.25) is 0 Å². The summed E-state index contributed by atoms with van der Waals surface area (Å²) in [5.74, 6) is 0. The highest BCUT2D eigenvalue weighted by atomic mass is 32.2. The lowest BCUT2D eigenvalue weighted by Gasteiger charge is -2.26. The van der Waals surface area contributed by atoms with Gasteiger partial charge in [-0.1, -0.05) is 30.3 Å². The number of nitrogens with zero attached hydrogens (tertiary/aromatic N) is 1. The molecule has 1 heterocycles. The summed E-state index contributed by atoms with van der Waals surface area (Å²) in [5.41, 5.74) is 0.673. The van der Waals surface area contributed by atoms with Gasteiger partial charge in [0.05, 0.1) is 5.25 Å². The van der Waals surface area contributed by atoms with Gasteiger partial charge in [-0.3, -0.25) is 0 Å². The fourth-order valence-electron chi connectivity index (χ4n) is 2.53. The predicted molar refractivity (Wildman–Crippen MR) is 78.3 cm³/mol. The van der Waals surface area contributed by atoms with Crippen molar-refractivity contribution < 1.29 is 16.8 Å². The van der Waals surface area contributed by atoms with Gasteiger partial charge < -0.3 is 0 Å². The van der Waals surface area contributed by atoms with E-state index in [2.05, 4.69) is 0 Å². The molecule has 0 aromatic heterocycles. The monoisotopic (exact) mass is 317 g/mol. The molecule has 2 unspecified atom stereocenters. The smallest absolute Gasteiger partial charge is 0.222 e. The summed E-state index contributed by atoms with van der Waals surface area (Å²) < 4.78 is 49.9. The highest BCUT2D eigenvalue weighted by Gasteiger charge is 2.42. The third-order valence-corrected chi connectivity index (χ3v) is 7.56. The molecular weight excluding hydrogens is 298 g/mol. The van der Waals surface area contributed by atoms with Crippen LogP contribution >= 0.6 is 0 Å². The van der Waals surface area contributed by atoms with Crippen molar-refractivity contribution in [3.8, 4) is 0 Å². The fraction of sp³-hybridized carbons (Fsp3) is 0.538. The van der Waals surface area contributed by atoms with Crippen molar-refractivity contribution >= 4 is 19.9 Å². The maximum atomic E-state index is 12.7. The lowest BCUT2D eigenvalue weighted by Crippen LogP contribution is -2.41. The molecule has 2 rings (SSSR count). The molecule has 20 heavy (non-hydrogen) atoms. The predicted octanol–water partition coefficient (Wildman–Crippen LogP) is 1.54. The Balaban J connectivity index is 2.36. The molecule has 7 heteroatoms. The lowest BCUT2D eigenvalue weighted by atomic mass is 10.2. The van der Waals surface area contributed by atoms with E-state index in [0.29, 0.717) is 18.4 Å². The van der Waals surface area contributed by atoms with Crippen molar-refractivity contribution in [2.45, 2.75) is 30.4 Å². The Bertz CT molecular complexity index is 668. The van der Waals surface area contributed by atoms with Crippen molar-refractivity contribution in [1.29, 1.82) is 0 Å². The van der Waals surface area contributed by atoms with Crippen molar-refractivity contribution in [3.63, 3.8) is 0 Å². The number of benzene rings is 1. The van der Waals surface area contributed by atoms with E-state index in [4.69, 9.17) is 0 Å². The van der Waals surface area contributed by atoms with Crippen LogP contribution in [0.1, 0.15) is 30.6 Å². The zero-order valence-electron chi connectivity index (χ0n) is 11.6. The molecule has 0 amide bonds. The van der Waals surface area contributed by atoms with E-state index < -0.39 is 30.5 Å². The number of sulfone groups is 1. The molecule has 0 saturated carbocycles. The summed E-state index contributed by atoms with van der Waals surface area (Å²) in [6.45, 7) is 1.87. The number of sulfonamides is 1. The first-order valence-electron chi connectivity index (χ1n) is 6.49. The minimum atomic E-state index is -3.67. The van der Waals surface area contributed by atoms with Gasteiger partial charge in [0.25, 0.3) is 0 Å². The highest BCUT2D eigenvalue weighted by Crippen LogP contribution is 2.32. The van der Waals surface area contributed by atoms with Gasteiger partial charge in [-0.05, 0) is 25.3 Å². The van der Waals surface area contributed by atoms with E-state index in [-0.39, 0.29) is 6.54 Å². The summed E-state index contributed by atoms with van der Waals surface area (Å²) in [5, 5.41) is -1.66. The Morgan fingerprint density at radius 2 is 1.75 bits per heavy atom. The van der Waals surface area contributed by atoms with Crippen LogP contribution in [0.15, 0.2) is 30.3 Å². The quantitative estimate of drug-likeness (QED) is 0.844. The highest BCUT2D eigenvalue weighted by molar-refractivity contribution is 7.93. The number of hydrogen-bond donors (Lipinski definition) is 0. The molecule has 5 nitrogen and oxygen atoms in total. The Morgan fingerprint density at radius 3 is 2.30 bits per heavy atom. The zero-order valence-corrected chi connectivity index (χ0v) is 13.2. The molecule has 0 spiro atoms. The standard InChI is InChI=1S/C13H19NO4S2/c1-11(12-7-4-3-5-8-12)20(17,18)14-10-6-9-13(14)19(2,15)16/h3-5,7-8,11,13H,6,9-10H2,1-2H3. The molecule has 1 aromatic rings.